The van der Waals surface area contributed by atoms with Crippen LogP contribution in [0.3, 0.4) is 0 Å². The predicted molar refractivity (Wildman–Crippen MR) is 76.2 cm³/mol. The molecule has 1 aromatic carbocycles. The van der Waals surface area contributed by atoms with Gasteiger partial charge in [0.1, 0.15) is 0 Å². The van der Waals surface area contributed by atoms with Crippen LogP contribution in [0.2, 0.25) is 5.02 Å². The molecule has 25 heavy (non-hydrogen) atoms. The summed E-state index contributed by atoms with van der Waals surface area (Å²) >= 11 is 5.75. The molecular formula is C14H10ClF5N4O. The quantitative estimate of drug-likeness (QED) is 0.749. The van der Waals surface area contributed by atoms with Crippen molar-refractivity contribution < 1.29 is 26.7 Å². The van der Waals surface area contributed by atoms with E-state index in [0.717, 1.165) is 12.1 Å². The number of fused-ring (bicyclic) bond motifs is 1. The van der Waals surface area contributed by atoms with E-state index in [1.54, 1.807) is 0 Å². The van der Waals surface area contributed by atoms with Gasteiger partial charge >= 0.3 is 6.18 Å². The third-order valence-electron chi connectivity index (χ3n) is 3.80. The minimum absolute atomic E-state index is 0.0182. The number of hydrogen-bond donors (Lipinski definition) is 0. The van der Waals surface area contributed by atoms with Crippen molar-refractivity contribution in [3.63, 3.8) is 0 Å². The fraction of sp³-hybridized carbons (Fsp3) is 0.357. The van der Waals surface area contributed by atoms with E-state index in [4.69, 9.17) is 11.6 Å². The van der Waals surface area contributed by atoms with E-state index in [1.807, 2.05) is 0 Å². The summed E-state index contributed by atoms with van der Waals surface area (Å²) in [5.41, 5.74) is -1.42. The highest BCUT2D eigenvalue weighted by molar-refractivity contribution is 6.34. The Balaban J connectivity index is 1.88. The molecule has 3 rings (SSSR count). The van der Waals surface area contributed by atoms with Crippen molar-refractivity contribution in [1.29, 1.82) is 0 Å². The van der Waals surface area contributed by atoms with Crippen molar-refractivity contribution in [2.75, 3.05) is 6.54 Å². The van der Waals surface area contributed by atoms with Crippen molar-refractivity contribution in [3.05, 3.63) is 46.0 Å². The zero-order chi connectivity index (χ0) is 18.4. The molecule has 0 saturated carbocycles. The van der Waals surface area contributed by atoms with Gasteiger partial charge in [-0.05, 0) is 12.1 Å². The van der Waals surface area contributed by atoms with E-state index < -0.39 is 34.9 Å². The van der Waals surface area contributed by atoms with Gasteiger partial charge in [-0.3, -0.25) is 4.79 Å². The summed E-state index contributed by atoms with van der Waals surface area (Å²) in [4.78, 5) is 13.7. The molecule has 0 spiro atoms. The number of nitrogens with zero attached hydrogens (tertiary/aromatic N) is 4. The molecular weight excluding hydrogens is 371 g/mol. The molecule has 5 nitrogen and oxygen atoms in total. The number of amides is 1. The molecule has 0 bridgehead atoms. The van der Waals surface area contributed by atoms with Gasteiger partial charge in [-0.25, -0.2) is 8.78 Å². The molecule has 11 heteroatoms. The second-order valence-corrected chi connectivity index (χ2v) is 5.70. The van der Waals surface area contributed by atoms with Crippen LogP contribution in [0.5, 0.6) is 0 Å². The Morgan fingerprint density at radius 3 is 2.56 bits per heavy atom. The fourth-order valence-corrected chi connectivity index (χ4v) is 2.92. The van der Waals surface area contributed by atoms with E-state index >= 15 is 0 Å². The second kappa shape index (κ2) is 6.25. The van der Waals surface area contributed by atoms with Crippen molar-refractivity contribution in [2.24, 2.45) is 0 Å². The smallest absolute Gasteiger partial charge is 0.329 e. The number of benzene rings is 1. The molecule has 1 amide bonds. The average Bonchev–Trinajstić information content (AvgIpc) is 2.96. The zero-order valence-corrected chi connectivity index (χ0v) is 13.2. The second-order valence-electron chi connectivity index (χ2n) is 5.32. The van der Waals surface area contributed by atoms with E-state index in [2.05, 4.69) is 10.2 Å². The largest absolute Gasteiger partial charge is 0.417 e. The Bertz CT molecular complexity index is 820. The standard InChI is InChI=1S/C14H10ClF5N4O/c15-10-7(2-1-3-8(10)14(18,19)20)13(25)23-4-5-24-9(6-23)21-22-12(24)11(16)17/h1-3,11H,4-6H2. The van der Waals surface area contributed by atoms with Gasteiger partial charge in [-0.1, -0.05) is 17.7 Å². The highest BCUT2D eigenvalue weighted by atomic mass is 35.5. The predicted octanol–water partition coefficient (Wildman–Crippen LogP) is 3.54. The highest BCUT2D eigenvalue weighted by Gasteiger charge is 2.36. The molecule has 0 N–H and O–H groups in total. The fourth-order valence-electron chi connectivity index (χ4n) is 2.60. The summed E-state index contributed by atoms with van der Waals surface area (Å²) in [6, 6.07) is 3.05. The van der Waals surface area contributed by atoms with Crippen LogP contribution in [0, 0.1) is 0 Å². The summed E-state index contributed by atoms with van der Waals surface area (Å²) in [5, 5.41) is 6.29. The van der Waals surface area contributed by atoms with Crippen LogP contribution in [0.4, 0.5) is 22.0 Å². The van der Waals surface area contributed by atoms with Gasteiger partial charge in [-0.15, -0.1) is 10.2 Å². The molecule has 0 unspecified atom stereocenters. The lowest BCUT2D eigenvalue weighted by Crippen LogP contribution is -2.39. The number of carbonyl (C=O) groups is 1. The lowest BCUT2D eigenvalue weighted by atomic mass is 10.1. The molecule has 2 heterocycles. The van der Waals surface area contributed by atoms with Gasteiger partial charge in [-0.2, -0.15) is 13.2 Å². The van der Waals surface area contributed by atoms with Crippen molar-refractivity contribution in [3.8, 4) is 0 Å². The van der Waals surface area contributed by atoms with E-state index in [-0.39, 0.29) is 31.0 Å². The van der Waals surface area contributed by atoms with Crippen LogP contribution in [0.15, 0.2) is 18.2 Å². The minimum Gasteiger partial charge on any atom is -0.329 e. The number of carbonyl (C=O) groups excluding carboxylic acids is 1. The monoisotopic (exact) mass is 380 g/mol. The van der Waals surface area contributed by atoms with Gasteiger partial charge in [0.2, 0.25) is 0 Å². The van der Waals surface area contributed by atoms with E-state index in [9.17, 15) is 26.7 Å². The lowest BCUT2D eigenvalue weighted by Gasteiger charge is -2.28. The molecule has 1 aliphatic heterocycles. The third kappa shape index (κ3) is 3.17. The summed E-state index contributed by atoms with van der Waals surface area (Å²) < 4.78 is 65.5. The number of halogens is 6. The topological polar surface area (TPSA) is 51.0 Å². The first kappa shape index (κ1) is 17.6. The van der Waals surface area contributed by atoms with Crippen LogP contribution >= 0.6 is 11.6 Å². The SMILES string of the molecule is O=C(c1cccc(C(F)(F)F)c1Cl)N1CCn2c(nnc2C(F)F)C1. The maximum Gasteiger partial charge on any atom is 0.417 e. The van der Waals surface area contributed by atoms with Gasteiger partial charge in [0, 0.05) is 13.1 Å². The van der Waals surface area contributed by atoms with Crippen LogP contribution in [0.25, 0.3) is 0 Å². The average molecular weight is 381 g/mol. The molecule has 134 valence electrons. The van der Waals surface area contributed by atoms with Crippen LogP contribution in [-0.2, 0) is 19.3 Å². The van der Waals surface area contributed by atoms with Crippen molar-refractivity contribution in [2.45, 2.75) is 25.7 Å². The Morgan fingerprint density at radius 1 is 1.20 bits per heavy atom. The number of hydrogen-bond acceptors (Lipinski definition) is 3. The molecule has 0 aliphatic carbocycles. The molecule has 0 radical (unpaired) electrons. The molecule has 2 aromatic rings. The number of alkyl halides is 5. The number of aromatic nitrogens is 3. The summed E-state index contributed by atoms with van der Waals surface area (Å²) in [5.74, 6) is -1.10. The Hall–Kier alpha value is -2.23. The molecule has 1 aromatic heterocycles. The molecule has 0 atom stereocenters. The molecule has 1 aliphatic rings. The number of rotatable bonds is 2. The van der Waals surface area contributed by atoms with E-state index in [1.165, 1.54) is 15.5 Å². The minimum atomic E-state index is -4.69. The first-order chi connectivity index (χ1) is 11.7. The zero-order valence-electron chi connectivity index (χ0n) is 12.4. The Morgan fingerprint density at radius 2 is 1.92 bits per heavy atom. The van der Waals surface area contributed by atoms with Crippen LogP contribution < -0.4 is 0 Å². The maximum atomic E-state index is 12.9. The van der Waals surface area contributed by atoms with Crippen molar-refractivity contribution >= 4 is 17.5 Å². The molecule has 0 saturated heterocycles. The van der Waals surface area contributed by atoms with E-state index in [0.29, 0.717) is 0 Å². The Kier molecular flexibility index (Phi) is 4.40. The summed E-state index contributed by atoms with van der Waals surface area (Å²) in [6.07, 6.45) is -7.50. The van der Waals surface area contributed by atoms with Crippen LogP contribution in [-0.4, -0.2) is 32.1 Å². The van der Waals surface area contributed by atoms with Gasteiger partial charge in [0.15, 0.2) is 11.6 Å². The van der Waals surface area contributed by atoms with Gasteiger partial charge in [0.05, 0.1) is 22.7 Å². The van der Waals surface area contributed by atoms with Gasteiger partial charge < -0.3 is 9.47 Å². The third-order valence-corrected chi connectivity index (χ3v) is 4.21. The Labute approximate surface area is 143 Å². The normalized spacial score (nSPS) is 14.8. The first-order valence-corrected chi connectivity index (χ1v) is 7.43. The van der Waals surface area contributed by atoms with Crippen molar-refractivity contribution in [1.82, 2.24) is 19.7 Å². The summed E-state index contributed by atoms with van der Waals surface area (Å²) in [6.45, 7) is -0.106. The molecule has 0 fully saturated rings. The van der Waals surface area contributed by atoms with Crippen LogP contribution in [0.1, 0.15) is 34.0 Å². The first-order valence-electron chi connectivity index (χ1n) is 7.05. The lowest BCUT2D eigenvalue weighted by molar-refractivity contribution is -0.137. The highest BCUT2D eigenvalue weighted by Crippen LogP contribution is 2.36. The summed E-state index contributed by atoms with van der Waals surface area (Å²) in [7, 11) is 0. The van der Waals surface area contributed by atoms with Gasteiger partial charge in [0.25, 0.3) is 12.3 Å². The maximum absolute atomic E-state index is 12.9.